The number of nitrogens with one attached hydrogen (secondary N) is 1. The number of hydrogen-bond donors (Lipinski definition) is 2. The van der Waals surface area contributed by atoms with Crippen molar-refractivity contribution in [2.75, 3.05) is 32.7 Å². The molecular formula is C15H30N4O2. The van der Waals surface area contributed by atoms with Crippen molar-refractivity contribution in [2.24, 2.45) is 5.73 Å². The zero-order valence-corrected chi connectivity index (χ0v) is 13.6. The van der Waals surface area contributed by atoms with Crippen LogP contribution in [0.1, 0.15) is 40.0 Å². The van der Waals surface area contributed by atoms with Crippen LogP contribution < -0.4 is 11.1 Å². The van der Waals surface area contributed by atoms with Crippen molar-refractivity contribution in [3.8, 4) is 0 Å². The minimum atomic E-state index is -0.379. The monoisotopic (exact) mass is 298 g/mol. The molecule has 2 amide bonds. The van der Waals surface area contributed by atoms with Crippen molar-refractivity contribution in [1.29, 1.82) is 0 Å². The Morgan fingerprint density at radius 3 is 2.33 bits per heavy atom. The topological polar surface area (TPSA) is 78.7 Å². The zero-order chi connectivity index (χ0) is 15.8. The fraction of sp³-hybridized carbons (Fsp3) is 0.867. The first-order valence-corrected chi connectivity index (χ1v) is 8.04. The molecule has 0 spiro atoms. The van der Waals surface area contributed by atoms with Gasteiger partial charge in [0.05, 0.1) is 12.6 Å². The van der Waals surface area contributed by atoms with Gasteiger partial charge in [0, 0.05) is 32.2 Å². The van der Waals surface area contributed by atoms with Crippen LogP contribution in [-0.4, -0.2) is 66.4 Å². The maximum Gasteiger partial charge on any atom is 0.239 e. The van der Waals surface area contributed by atoms with Crippen LogP contribution in [-0.2, 0) is 9.59 Å². The smallest absolute Gasteiger partial charge is 0.239 e. The number of nitrogens with zero attached hydrogens (tertiary/aromatic N) is 2. The van der Waals surface area contributed by atoms with E-state index in [9.17, 15) is 9.59 Å². The zero-order valence-electron chi connectivity index (χ0n) is 13.6. The highest BCUT2D eigenvalue weighted by Crippen LogP contribution is 2.06. The third-order valence-corrected chi connectivity index (χ3v) is 3.99. The third-order valence-electron chi connectivity index (χ3n) is 3.99. The van der Waals surface area contributed by atoms with E-state index in [0.717, 1.165) is 32.4 Å². The molecule has 0 bridgehead atoms. The predicted molar refractivity (Wildman–Crippen MR) is 83.8 cm³/mol. The minimum absolute atomic E-state index is 0.0422. The molecule has 0 aromatic rings. The lowest BCUT2D eigenvalue weighted by atomic mass is 10.1. The van der Waals surface area contributed by atoms with Gasteiger partial charge >= 0.3 is 0 Å². The number of piperazine rings is 1. The largest absolute Gasteiger partial charge is 0.353 e. The Morgan fingerprint density at radius 2 is 1.81 bits per heavy atom. The summed E-state index contributed by atoms with van der Waals surface area (Å²) in [5, 5.41) is 2.96. The first-order chi connectivity index (χ1) is 9.97. The Morgan fingerprint density at radius 1 is 1.19 bits per heavy atom. The van der Waals surface area contributed by atoms with Crippen molar-refractivity contribution in [3.05, 3.63) is 0 Å². The first-order valence-electron chi connectivity index (χ1n) is 8.04. The van der Waals surface area contributed by atoms with Gasteiger partial charge in [-0.05, 0) is 19.8 Å². The Labute approximate surface area is 128 Å². The SMILES string of the molecule is CCCC(N)C(=O)N1CCN(CC(=O)NC(C)CC)CC1. The van der Waals surface area contributed by atoms with Gasteiger partial charge in [-0.2, -0.15) is 0 Å². The molecule has 0 aromatic heterocycles. The van der Waals surface area contributed by atoms with Gasteiger partial charge in [0.2, 0.25) is 11.8 Å². The summed E-state index contributed by atoms with van der Waals surface area (Å²) >= 11 is 0. The molecule has 6 nitrogen and oxygen atoms in total. The lowest BCUT2D eigenvalue weighted by Crippen LogP contribution is -2.54. The highest BCUT2D eigenvalue weighted by molar-refractivity contribution is 5.82. The molecule has 2 atom stereocenters. The van der Waals surface area contributed by atoms with Crippen molar-refractivity contribution in [2.45, 2.75) is 52.1 Å². The molecule has 0 aromatic carbocycles. The van der Waals surface area contributed by atoms with Crippen LogP contribution in [0.3, 0.4) is 0 Å². The fourth-order valence-electron chi connectivity index (χ4n) is 2.42. The molecular weight excluding hydrogens is 268 g/mol. The Hall–Kier alpha value is -1.14. The minimum Gasteiger partial charge on any atom is -0.353 e. The number of amides is 2. The Kier molecular flexibility index (Phi) is 7.67. The summed E-state index contributed by atoms with van der Waals surface area (Å²) in [6, 6.07) is -0.164. The maximum atomic E-state index is 12.1. The van der Waals surface area contributed by atoms with Gasteiger partial charge in [0.1, 0.15) is 0 Å². The standard InChI is InChI=1S/C15H30N4O2/c1-4-6-13(16)15(21)19-9-7-18(8-10-19)11-14(20)17-12(3)5-2/h12-13H,4-11,16H2,1-3H3,(H,17,20). The van der Waals surface area contributed by atoms with Gasteiger partial charge in [-0.25, -0.2) is 0 Å². The summed E-state index contributed by atoms with van der Waals surface area (Å²) in [5.74, 6) is 0.104. The van der Waals surface area contributed by atoms with E-state index in [2.05, 4.69) is 17.1 Å². The third kappa shape index (κ3) is 6.01. The number of hydrogen-bond acceptors (Lipinski definition) is 4. The molecule has 1 saturated heterocycles. The predicted octanol–water partition coefficient (Wildman–Crippen LogP) is 0.173. The molecule has 1 fully saturated rings. The van der Waals surface area contributed by atoms with Gasteiger partial charge < -0.3 is 16.0 Å². The number of nitrogens with two attached hydrogens (primary N) is 1. The van der Waals surface area contributed by atoms with E-state index in [1.165, 1.54) is 0 Å². The normalized spacial score (nSPS) is 19.1. The number of carbonyl (C=O) groups is 2. The highest BCUT2D eigenvalue weighted by Gasteiger charge is 2.25. The molecule has 0 saturated carbocycles. The van der Waals surface area contributed by atoms with Crippen LogP contribution in [0.25, 0.3) is 0 Å². The van der Waals surface area contributed by atoms with Crippen molar-refractivity contribution >= 4 is 11.8 Å². The van der Waals surface area contributed by atoms with E-state index >= 15 is 0 Å². The highest BCUT2D eigenvalue weighted by atomic mass is 16.2. The van der Waals surface area contributed by atoms with Crippen molar-refractivity contribution < 1.29 is 9.59 Å². The first kappa shape index (κ1) is 17.9. The summed E-state index contributed by atoms with van der Waals surface area (Å²) in [7, 11) is 0. The van der Waals surface area contributed by atoms with Crippen LogP contribution in [0.5, 0.6) is 0 Å². The van der Waals surface area contributed by atoms with Crippen LogP contribution in [0.2, 0.25) is 0 Å². The molecule has 1 rings (SSSR count). The number of rotatable bonds is 7. The van der Waals surface area contributed by atoms with Gasteiger partial charge in [0.25, 0.3) is 0 Å². The summed E-state index contributed by atoms with van der Waals surface area (Å²) in [6.07, 6.45) is 2.59. The van der Waals surface area contributed by atoms with Crippen molar-refractivity contribution in [1.82, 2.24) is 15.1 Å². The molecule has 0 aliphatic carbocycles. The molecule has 122 valence electrons. The molecule has 3 N–H and O–H groups in total. The maximum absolute atomic E-state index is 12.1. The van der Waals surface area contributed by atoms with Gasteiger partial charge in [-0.15, -0.1) is 0 Å². The van der Waals surface area contributed by atoms with E-state index in [1.54, 1.807) is 0 Å². The second kappa shape index (κ2) is 9.00. The number of carbonyl (C=O) groups excluding carboxylic acids is 2. The fourth-order valence-corrected chi connectivity index (χ4v) is 2.42. The van der Waals surface area contributed by atoms with Crippen LogP contribution in [0.15, 0.2) is 0 Å². The summed E-state index contributed by atoms with van der Waals surface area (Å²) in [4.78, 5) is 27.9. The average Bonchev–Trinajstić information content (AvgIpc) is 2.47. The molecule has 6 heteroatoms. The second-order valence-electron chi connectivity index (χ2n) is 5.87. The van der Waals surface area contributed by atoms with Gasteiger partial charge in [0.15, 0.2) is 0 Å². The van der Waals surface area contributed by atoms with Crippen LogP contribution in [0.4, 0.5) is 0 Å². The van der Waals surface area contributed by atoms with E-state index in [-0.39, 0.29) is 23.9 Å². The lowest BCUT2D eigenvalue weighted by Gasteiger charge is -2.35. The molecule has 21 heavy (non-hydrogen) atoms. The van der Waals surface area contributed by atoms with Gasteiger partial charge in [-0.3, -0.25) is 14.5 Å². The Balaban J connectivity index is 2.32. The molecule has 1 aliphatic heterocycles. The van der Waals surface area contributed by atoms with Crippen LogP contribution >= 0.6 is 0 Å². The molecule has 1 heterocycles. The van der Waals surface area contributed by atoms with E-state index in [4.69, 9.17) is 5.73 Å². The quantitative estimate of drug-likeness (QED) is 0.702. The average molecular weight is 298 g/mol. The second-order valence-corrected chi connectivity index (χ2v) is 5.87. The van der Waals surface area contributed by atoms with E-state index in [0.29, 0.717) is 19.6 Å². The molecule has 0 radical (unpaired) electrons. The molecule has 2 unspecified atom stereocenters. The molecule has 1 aliphatic rings. The summed E-state index contributed by atoms with van der Waals surface area (Å²) < 4.78 is 0. The van der Waals surface area contributed by atoms with E-state index < -0.39 is 0 Å². The van der Waals surface area contributed by atoms with Gasteiger partial charge in [-0.1, -0.05) is 20.3 Å². The van der Waals surface area contributed by atoms with Crippen molar-refractivity contribution in [3.63, 3.8) is 0 Å². The van der Waals surface area contributed by atoms with E-state index in [1.807, 2.05) is 18.7 Å². The van der Waals surface area contributed by atoms with Crippen LogP contribution in [0, 0.1) is 0 Å². The summed E-state index contributed by atoms with van der Waals surface area (Å²) in [5.41, 5.74) is 5.88. The Bertz CT molecular complexity index is 341. The summed E-state index contributed by atoms with van der Waals surface area (Å²) in [6.45, 7) is 9.28. The lowest BCUT2D eigenvalue weighted by molar-refractivity contribution is -0.134.